The zero-order chi connectivity index (χ0) is 15.6. The van der Waals surface area contributed by atoms with Gasteiger partial charge in [-0.3, -0.25) is 4.79 Å². The van der Waals surface area contributed by atoms with Crippen molar-refractivity contribution in [2.45, 2.75) is 65.5 Å². The molecule has 1 aliphatic carbocycles. The molecule has 2 nitrogen and oxygen atoms in total. The summed E-state index contributed by atoms with van der Waals surface area (Å²) in [5, 5.41) is 0. The molecule has 0 spiro atoms. The van der Waals surface area contributed by atoms with Crippen LogP contribution in [0.2, 0.25) is 0 Å². The van der Waals surface area contributed by atoms with Crippen molar-refractivity contribution >= 4 is 12.7 Å². The number of rotatable bonds is 5. The summed E-state index contributed by atoms with van der Waals surface area (Å²) in [5.74, 6) is 0. The molecule has 1 aromatic carbocycles. The molecule has 0 aliphatic heterocycles. The highest BCUT2D eigenvalue weighted by molar-refractivity contribution is 7.81. The molecule has 0 saturated heterocycles. The van der Waals surface area contributed by atoms with Crippen LogP contribution in [0.1, 0.15) is 66.1 Å². The van der Waals surface area contributed by atoms with Crippen LogP contribution in [0.25, 0.3) is 0 Å². The Balaban J connectivity index is 2.46. The Labute approximate surface area is 128 Å². The second-order valence-corrected chi connectivity index (χ2v) is 9.71. The van der Waals surface area contributed by atoms with Crippen molar-refractivity contribution in [1.29, 1.82) is 0 Å². The Kier molecular flexibility index (Phi) is 5.09. The molecule has 0 N–H and O–H groups in total. The first-order valence-electron chi connectivity index (χ1n) is 8.11. The number of carbonyl (C=O) groups is 1. The van der Waals surface area contributed by atoms with E-state index in [9.17, 15) is 9.36 Å². The molecule has 0 aromatic heterocycles. The third-order valence-electron chi connectivity index (χ3n) is 4.71. The van der Waals surface area contributed by atoms with Gasteiger partial charge in [0.15, 0.2) is 7.14 Å². The summed E-state index contributed by atoms with van der Waals surface area (Å²) >= 11 is 0. The number of carbonyl (C=O) groups excluding carboxylic acids is 1. The molecule has 2 rings (SSSR count). The van der Waals surface area contributed by atoms with Crippen LogP contribution >= 0.6 is 7.14 Å². The molecule has 1 aliphatic rings. The van der Waals surface area contributed by atoms with Crippen molar-refractivity contribution in [1.82, 2.24) is 0 Å². The van der Waals surface area contributed by atoms with Crippen molar-refractivity contribution in [3.63, 3.8) is 0 Å². The highest BCUT2D eigenvalue weighted by Crippen LogP contribution is 2.59. The molecular formula is C18H27O2P. The summed E-state index contributed by atoms with van der Waals surface area (Å²) < 4.78 is 13.6. The molecule has 0 bridgehead atoms. The van der Waals surface area contributed by atoms with Crippen molar-refractivity contribution < 1.29 is 9.36 Å². The predicted octanol–water partition coefficient (Wildman–Crippen LogP) is 5.47. The minimum absolute atomic E-state index is 0.0498. The van der Waals surface area contributed by atoms with E-state index in [0.717, 1.165) is 54.4 Å². The van der Waals surface area contributed by atoms with Gasteiger partial charge in [-0.15, -0.1) is 0 Å². The number of aryl methyl sites for hydroxylation is 3. The van der Waals surface area contributed by atoms with Gasteiger partial charge >= 0.3 is 0 Å². The largest absolute Gasteiger partial charge is 0.315 e. The van der Waals surface area contributed by atoms with Crippen molar-refractivity contribution in [3.05, 3.63) is 34.4 Å². The summed E-state index contributed by atoms with van der Waals surface area (Å²) in [6.07, 6.45) is 5.57. The normalized spacial score (nSPS) is 18.7. The van der Waals surface area contributed by atoms with Crippen LogP contribution in [0.15, 0.2) is 12.1 Å². The van der Waals surface area contributed by atoms with Crippen LogP contribution in [0, 0.1) is 20.8 Å². The van der Waals surface area contributed by atoms with E-state index in [0.29, 0.717) is 6.16 Å². The van der Waals surface area contributed by atoms with Gasteiger partial charge in [-0.05, 0) is 51.2 Å². The average molecular weight is 306 g/mol. The molecule has 116 valence electrons. The Morgan fingerprint density at radius 1 is 1.14 bits per heavy atom. The van der Waals surface area contributed by atoms with Crippen molar-refractivity contribution in [3.8, 4) is 0 Å². The molecule has 1 unspecified atom stereocenters. The van der Waals surface area contributed by atoms with E-state index in [-0.39, 0.29) is 11.2 Å². The first-order chi connectivity index (χ1) is 9.90. The monoisotopic (exact) mass is 306 g/mol. The Morgan fingerprint density at radius 3 is 2.14 bits per heavy atom. The highest BCUT2D eigenvalue weighted by atomic mass is 31.2. The standard InChI is InChI=1S/C18H27O2P/c1-5-10-21(20,16-8-6-7-9-16)18(19)17-14(3)11-13(2)12-15(17)4/h11-12,16H,5-10H2,1-4H3. The second kappa shape index (κ2) is 6.48. The summed E-state index contributed by atoms with van der Waals surface area (Å²) in [5.41, 5.74) is 3.92. The Morgan fingerprint density at radius 2 is 1.67 bits per heavy atom. The lowest BCUT2D eigenvalue weighted by Crippen LogP contribution is -2.17. The van der Waals surface area contributed by atoms with Gasteiger partial charge in [0.25, 0.3) is 0 Å². The molecule has 1 fully saturated rings. The van der Waals surface area contributed by atoms with Crippen LogP contribution in [-0.2, 0) is 4.57 Å². The lowest BCUT2D eigenvalue weighted by molar-refractivity contribution is 0.107. The van der Waals surface area contributed by atoms with E-state index in [1.54, 1.807) is 0 Å². The molecule has 21 heavy (non-hydrogen) atoms. The van der Waals surface area contributed by atoms with Crippen LogP contribution in [0.5, 0.6) is 0 Å². The van der Waals surface area contributed by atoms with Gasteiger partial charge in [-0.2, -0.15) is 0 Å². The lowest BCUT2D eigenvalue weighted by Gasteiger charge is -2.24. The first kappa shape index (κ1) is 16.5. The third-order valence-corrected chi connectivity index (χ3v) is 8.42. The Bertz CT molecular complexity index is 560. The quantitative estimate of drug-likeness (QED) is 0.676. The molecule has 1 saturated carbocycles. The van der Waals surface area contributed by atoms with Gasteiger partial charge in [0.2, 0.25) is 5.52 Å². The first-order valence-corrected chi connectivity index (χ1v) is 10.1. The fourth-order valence-electron chi connectivity index (χ4n) is 3.81. The van der Waals surface area contributed by atoms with E-state index in [2.05, 4.69) is 0 Å². The van der Waals surface area contributed by atoms with Crippen LogP contribution in [-0.4, -0.2) is 17.3 Å². The summed E-state index contributed by atoms with van der Waals surface area (Å²) in [6.45, 7) is 8.01. The molecule has 3 heteroatoms. The van der Waals surface area contributed by atoms with E-state index in [1.165, 1.54) is 0 Å². The van der Waals surface area contributed by atoms with E-state index in [1.807, 2.05) is 39.8 Å². The fourth-order valence-corrected chi connectivity index (χ4v) is 7.30. The van der Waals surface area contributed by atoms with Gasteiger partial charge in [0.05, 0.1) is 0 Å². The minimum Gasteiger partial charge on any atom is -0.315 e. The summed E-state index contributed by atoms with van der Waals surface area (Å²) in [4.78, 5) is 13.1. The zero-order valence-electron chi connectivity index (χ0n) is 13.7. The van der Waals surface area contributed by atoms with E-state index >= 15 is 0 Å². The summed E-state index contributed by atoms with van der Waals surface area (Å²) in [7, 11) is -2.79. The average Bonchev–Trinajstić information content (AvgIpc) is 2.91. The zero-order valence-corrected chi connectivity index (χ0v) is 14.6. The fraction of sp³-hybridized carbons (Fsp3) is 0.611. The van der Waals surface area contributed by atoms with Crippen LogP contribution in [0.3, 0.4) is 0 Å². The van der Waals surface area contributed by atoms with Gasteiger partial charge < -0.3 is 4.57 Å². The molecular weight excluding hydrogens is 279 g/mol. The predicted molar refractivity (Wildman–Crippen MR) is 90.0 cm³/mol. The molecule has 1 aromatic rings. The molecule has 0 amide bonds. The lowest BCUT2D eigenvalue weighted by atomic mass is 10.0. The molecule has 0 heterocycles. The van der Waals surface area contributed by atoms with Gasteiger partial charge in [0, 0.05) is 17.4 Å². The minimum atomic E-state index is -2.79. The van der Waals surface area contributed by atoms with E-state index < -0.39 is 7.14 Å². The van der Waals surface area contributed by atoms with Crippen molar-refractivity contribution in [2.24, 2.45) is 0 Å². The van der Waals surface area contributed by atoms with Crippen LogP contribution in [0.4, 0.5) is 0 Å². The summed E-state index contributed by atoms with van der Waals surface area (Å²) in [6, 6.07) is 4.07. The SMILES string of the molecule is CCCP(=O)(C(=O)c1c(C)cc(C)cc1C)C1CCCC1. The number of hydrogen-bond acceptors (Lipinski definition) is 2. The van der Waals surface area contributed by atoms with Crippen molar-refractivity contribution in [2.75, 3.05) is 6.16 Å². The van der Waals surface area contributed by atoms with Gasteiger partial charge in [0.1, 0.15) is 0 Å². The topological polar surface area (TPSA) is 34.1 Å². The number of hydrogen-bond donors (Lipinski definition) is 0. The maximum absolute atomic E-state index is 13.6. The third kappa shape index (κ3) is 3.16. The Hall–Kier alpha value is -0.880. The number of benzene rings is 1. The van der Waals surface area contributed by atoms with Gasteiger partial charge in [-0.25, -0.2) is 0 Å². The maximum Gasteiger partial charge on any atom is 0.222 e. The van der Waals surface area contributed by atoms with E-state index in [4.69, 9.17) is 0 Å². The smallest absolute Gasteiger partial charge is 0.222 e. The van der Waals surface area contributed by atoms with Gasteiger partial charge in [-0.1, -0.05) is 37.5 Å². The molecule has 1 atom stereocenters. The second-order valence-electron chi connectivity index (χ2n) is 6.54. The maximum atomic E-state index is 13.6. The molecule has 0 radical (unpaired) electrons. The highest BCUT2D eigenvalue weighted by Gasteiger charge is 2.41. The van der Waals surface area contributed by atoms with Crippen LogP contribution < -0.4 is 0 Å².